The quantitative estimate of drug-likeness (QED) is 0.894. The lowest BCUT2D eigenvalue weighted by Crippen LogP contribution is -2.46. The molecule has 0 aromatic carbocycles. The van der Waals surface area contributed by atoms with Crippen molar-refractivity contribution in [3.63, 3.8) is 0 Å². The van der Waals surface area contributed by atoms with Crippen molar-refractivity contribution in [3.05, 3.63) is 23.3 Å². The van der Waals surface area contributed by atoms with Crippen LogP contribution in [0.3, 0.4) is 0 Å². The summed E-state index contributed by atoms with van der Waals surface area (Å²) < 4.78 is 0. The molecule has 2 rings (SSSR count). The van der Waals surface area contributed by atoms with Crippen LogP contribution in [0, 0.1) is 12.3 Å². The minimum Gasteiger partial charge on any atom is -0.338 e. The second kappa shape index (κ2) is 6.41. The molecule has 5 nitrogen and oxygen atoms in total. The highest BCUT2D eigenvalue weighted by Crippen LogP contribution is 2.19. The molecule has 0 radical (unpaired) electrons. The SMILES string of the molecule is CCC(C)(C)CNC(=O)N[C@H]1CCc2nc(C)ncc2C1. The van der Waals surface area contributed by atoms with E-state index in [1.807, 2.05) is 13.1 Å². The van der Waals surface area contributed by atoms with Gasteiger partial charge in [-0.3, -0.25) is 0 Å². The van der Waals surface area contributed by atoms with Crippen LogP contribution < -0.4 is 10.6 Å². The molecule has 1 aromatic heterocycles. The van der Waals surface area contributed by atoms with Crippen LogP contribution in [-0.4, -0.2) is 28.6 Å². The third-order valence-corrected chi connectivity index (χ3v) is 4.29. The Morgan fingerprint density at radius 3 is 2.95 bits per heavy atom. The zero-order valence-electron chi connectivity index (χ0n) is 13.5. The average molecular weight is 290 g/mol. The second-order valence-corrected chi connectivity index (χ2v) is 6.67. The van der Waals surface area contributed by atoms with Gasteiger partial charge < -0.3 is 10.6 Å². The fourth-order valence-corrected chi connectivity index (χ4v) is 2.41. The predicted octanol–water partition coefficient (Wildman–Crippen LogP) is 2.38. The number of nitrogens with zero attached hydrogens (tertiary/aromatic N) is 2. The summed E-state index contributed by atoms with van der Waals surface area (Å²) >= 11 is 0. The maximum absolute atomic E-state index is 12.0. The molecule has 2 amide bonds. The van der Waals surface area contributed by atoms with Crippen LogP contribution in [0.15, 0.2) is 6.20 Å². The lowest BCUT2D eigenvalue weighted by Gasteiger charge is -2.27. The Hall–Kier alpha value is -1.65. The Balaban J connectivity index is 1.85. The van der Waals surface area contributed by atoms with E-state index in [1.54, 1.807) is 0 Å². The first-order valence-electron chi connectivity index (χ1n) is 7.75. The normalized spacial score (nSPS) is 18.0. The van der Waals surface area contributed by atoms with Gasteiger partial charge in [0.1, 0.15) is 5.82 Å². The van der Waals surface area contributed by atoms with Crippen LogP contribution in [0.4, 0.5) is 4.79 Å². The van der Waals surface area contributed by atoms with Crippen molar-refractivity contribution in [2.24, 2.45) is 5.41 Å². The van der Waals surface area contributed by atoms with Crippen LogP contribution in [0.5, 0.6) is 0 Å². The van der Waals surface area contributed by atoms with Crippen molar-refractivity contribution in [2.45, 2.75) is 59.4 Å². The molecule has 21 heavy (non-hydrogen) atoms. The van der Waals surface area contributed by atoms with Gasteiger partial charge in [0.05, 0.1) is 0 Å². The van der Waals surface area contributed by atoms with Gasteiger partial charge in [0.2, 0.25) is 0 Å². The highest BCUT2D eigenvalue weighted by atomic mass is 16.2. The Morgan fingerprint density at radius 2 is 2.24 bits per heavy atom. The van der Waals surface area contributed by atoms with Crippen LogP contribution in [-0.2, 0) is 12.8 Å². The number of aryl methyl sites for hydroxylation is 2. The van der Waals surface area contributed by atoms with Crippen molar-refractivity contribution in [3.8, 4) is 0 Å². The number of hydrogen-bond acceptors (Lipinski definition) is 3. The first-order valence-corrected chi connectivity index (χ1v) is 7.75. The van der Waals surface area contributed by atoms with E-state index in [1.165, 1.54) is 0 Å². The molecule has 0 spiro atoms. The zero-order valence-corrected chi connectivity index (χ0v) is 13.5. The molecule has 5 heteroatoms. The third-order valence-electron chi connectivity index (χ3n) is 4.29. The van der Waals surface area contributed by atoms with Gasteiger partial charge in [0.15, 0.2) is 0 Å². The molecule has 0 saturated carbocycles. The number of nitrogens with one attached hydrogen (secondary N) is 2. The summed E-state index contributed by atoms with van der Waals surface area (Å²) in [5.74, 6) is 0.819. The van der Waals surface area contributed by atoms with E-state index in [2.05, 4.69) is 41.4 Å². The average Bonchev–Trinajstić information content (AvgIpc) is 2.45. The van der Waals surface area contributed by atoms with Gasteiger partial charge in [-0.2, -0.15) is 0 Å². The fourth-order valence-electron chi connectivity index (χ4n) is 2.41. The lowest BCUT2D eigenvalue weighted by molar-refractivity contribution is 0.227. The monoisotopic (exact) mass is 290 g/mol. The van der Waals surface area contributed by atoms with Crippen molar-refractivity contribution in [1.82, 2.24) is 20.6 Å². The second-order valence-electron chi connectivity index (χ2n) is 6.67. The van der Waals surface area contributed by atoms with Gasteiger partial charge in [0, 0.05) is 24.5 Å². The van der Waals surface area contributed by atoms with E-state index in [9.17, 15) is 4.79 Å². The minimum atomic E-state index is -0.0713. The molecule has 0 saturated heterocycles. The Bertz CT molecular complexity index is 513. The molecule has 1 heterocycles. The van der Waals surface area contributed by atoms with E-state index in [-0.39, 0.29) is 17.5 Å². The summed E-state index contributed by atoms with van der Waals surface area (Å²) in [6.07, 6.45) is 5.60. The van der Waals surface area contributed by atoms with Gasteiger partial charge in [-0.25, -0.2) is 14.8 Å². The molecule has 0 unspecified atom stereocenters. The van der Waals surface area contributed by atoms with Gasteiger partial charge in [-0.15, -0.1) is 0 Å². The first kappa shape index (κ1) is 15.7. The number of hydrogen-bond donors (Lipinski definition) is 2. The topological polar surface area (TPSA) is 66.9 Å². The lowest BCUT2D eigenvalue weighted by atomic mass is 9.90. The summed E-state index contributed by atoms with van der Waals surface area (Å²) in [5.41, 5.74) is 2.43. The van der Waals surface area contributed by atoms with E-state index < -0.39 is 0 Å². The van der Waals surface area contributed by atoms with E-state index in [4.69, 9.17) is 0 Å². The largest absolute Gasteiger partial charge is 0.338 e. The zero-order chi connectivity index (χ0) is 15.5. The van der Waals surface area contributed by atoms with Crippen LogP contribution >= 0.6 is 0 Å². The van der Waals surface area contributed by atoms with Crippen molar-refractivity contribution >= 4 is 6.03 Å². The number of fused-ring (bicyclic) bond motifs is 1. The molecule has 1 aliphatic rings. The van der Waals surface area contributed by atoms with Gasteiger partial charge in [-0.1, -0.05) is 20.8 Å². The number of carbonyl (C=O) groups is 1. The Morgan fingerprint density at radius 1 is 1.48 bits per heavy atom. The van der Waals surface area contributed by atoms with E-state index in [0.717, 1.165) is 42.8 Å². The number of carbonyl (C=O) groups excluding carboxylic acids is 1. The molecule has 1 atom stereocenters. The number of amides is 2. The molecule has 116 valence electrons. The summed E-state index contributed by atoms with van der Waals surface area (Å²) in [5, 5.41) is 6.04. The Kier molecular flexibility index (Phi) is 4.80. The molecule has 1 aliphatic carbocycles. The highest BCUT2D eigenvalue weighted by molar-refractivity contribution is 5.74. The number of rotatable bonds is 4. The smallest absolute Gasteiger partial charge is 0.315 e. The maximum atomic E-state index is 12.0. The van der Waals surface area contributed by atoms with E-state index >= 15 is 0 Å². The summed E-state index contributed by atoms with van der Waals surface area (Å²) in [4.78, 5) is 20.7. The van der Waals surface area contributed by atoms with Crippen molar-refractivity contribution in [1.29, 1.82) is 0 Å². The first-order chi connectivity index (χ1) is 9.89. The van der Waals surface area contributed by atoms with Gasteiger partial charge in [0.25, 0.3) is 0 Å². The van der Waals surface area contributed by atoms with Gasteiger partial charge in [-0.05, 0) is 43.6 Å². The summed E-state index contributed by atoms with van der Waals surface area (Å²) in [7, 11) is 0. The van der Waals surface area contributed by atoms with E-state index in [0.29, 0.717) is 6.54 Å². The molecule has 0 aliphatic heterocycles. The maximum Gasteiger partial charge on any atom is 0.315 e. The molecule has 2 N–H and O–H groups in total. The molecule has 1 aromatic rings. The molecular formula is C16H26N4O. The summed E-state index contributed by atoms with van der Waals surface area (Å²) in [6.45, 7) is 9.06. The minimum absolute atomic E-state index is 0.0713. The van der Waals surface area contributed by atoms with Crippen LogP contribution in [0.25, 0.3) is 0 Å². The molecule has 0 bridgehead atoms. The fraction of sp³-hybridized carbons (Fsp3) is 0.688. The Labute approximate surface area is 127 Å². The van der Waals surface area contributed by atoms with Crippen molar-refractivity contribution < 1.29 is 4.79 Å². The van der Waals surface area contributed by atoms with Crippen molar-refractivity contribution in [2.75, 3.05) is 6.54 Å². The number of urea groups is 1. The van der Waals surface area contributed by atoms with Crippen LogP contribution in [0.1, 0.15) is 50.7 Å². The van der Waals surface area contributed by atoms with Gasteiger partial charge >= 0.3 is 6.03 Å². The molecule has 0 fully saturated rings. The predicted molar refractivity (Wildman–Crippen MR) is 83.2 cm³/mol. The number of aromatic nitrogens is 2. The standard InChI is InChI=1S/C16H26N4O/c1-5-16(3,4)10-18-15(21)20-13-6-7-14-12(8-13)9-17-11(2)19-14/h9,13H,5-8,10H2,1-4H3,(H2,18,20,21)/t13-/m0/s1. The van der Waals surface area contributed by atoms with Crippen LogP contribution in [0.2, 0.25) is 0 Å². The third kappa shape index (κ3) is 4.41. The summed E-state index contributed by atoms with van der Waals surface area (Å²) in [6, 6.07) is 0.103. The highest BCUT2D eigenvalue weighted by Gasteiger charge is 2.22. The molecular weight excluding hydrogens is 264 g/mol.